The molecule has 1 atom stereocenters. The Labute approximate surface area is 98.6 Å². The predicted octanol–water partition coefficient (Wildman–Crippen LogP) is 1.03. The molecule has 1 amide bonds. The average molecular weight is 230 g/mol. The molecule has 0 heterocycles. The van der Waals surface area contributed by atoms with Crippen molar-refractivity contribution in [1.82, 2.24) is 5.32 Å². The quantitative estimate of drug-likeness (QED) is 0.518. The summed E-state index contributed by atoms with van der Waals surface area (Å²) in [6.07, 6.45) is 3.69. The maximum atomic E-state index is 11.3. The van der Waals surface area contributed by atoms with Crippen LogP contribution in [0, 0.1) is 5.92 Å². The summed E-state index contributed by atoms with van der Waals surface area (Å²) in [6.45, 7) is 5.17. The number of amides is 1. The molecule has 0 aromatic heterocycles. The molecule has 0 saturated carbocycles. The molecule has 96 valence electrons. The highest BCUT2D eigenvalue weighted by Crippen LogP contribution is 2.03. The van der Waals surface area contributed by atoms with E-state index >= 15 is 0 Å². The Bertz CT molecular complexity index is 184. The molecule has 1 unspecified atom stereocenters. The van der Waals surface area contributed by atoms with Crippen molar-refractivity contribution in [2.24, 2.45) is 11.7 Å². The molecule has 0 aliphatic carbocycles. The van der Waals surface area contributed by atoms with E-state index in [9.17, 15) is 9.90 Å². The number of rotatable bonds is 9. The molecule has 0 aliphatic heterocycles. The van der Waals surface area contributed by atoms with Crippen LogP contribution in [0.2, 0.25) is 0 Å². The lowest BCUT2D eigenvalue weighted by atomic mass is 10.1. The minimum Gasteiger partial charge on any atom is -0.391 e. The largest absolute Gasteiger partial charge is 0.391 e. The average Bonchev–Trinajstić information content (AvgIpc) is 2.20. The van der Waals surface area contributed by atoms with E-state index in [1.165, 1.54) is 0 Å². The molecule has 0 bridgehead atoms. The summed E-state index contributed by atoms with van der Waals surface area (Å²) in [5, 5.41) is 12.3. The second-order valence-electron chi connectivity index (χ2n) is 4.69. The first kappa shape index (κ1) is 15.4. The van der Waals surface area contributed by atoms with Gasteiger partial charge in [0.1, 0.15) is 0 Å². The van der Waals surface area contributed by atoms with Crippen molar-refractivity contribution in [1.29, 1.82) is 0 Å². The molecule has 0 aromatic rings. The molecular weight excluding hydrogens is 204 g/mol. The van der Waals surface area contributed by atoms with Crippen LogP contribution in [0.4, 0.5) is 0 Å². The molecule has 0 radical (unpaired) electrons. The van der Waals surface area contributed by atoms with Crippen LogP contribution in [0.25, 0.3) is 0 Å². The van der Waals surface area contributed by atoms with E-state index in [4.69, 9.17) is 5.73 Å². The van der Waals surface area contributed by atoms with Crippen LogP contribution in [0.5, 0.6) is 0 Å². The number of hydrogen-bond acceptors (Lipinski definition) is 3. The van der Waals surface area contributed by atoms with Gasteiger partial charge in [-0.15, -0.1) is 0 Å². The third-order valence-corrected chi connectivity index (χ3v) is 2.39. The van der Waals surface area contributed by atoms with Crippen molar-refractivity contribution in [3.63, 3.8) is 0 Å². The van der Waals surface area contributed by atoms with Gasteiger partial charge < -0.3 is 16.2 Å². The number of nitrogens with two attached hydrogens (primary N) is 1. The molecule has 0 saturated heterocycles. The van der Waals surface area contributed by atoms with Gasteiger partial charge in [-0.2, -0.15) is 0 Å². The molecule has 0 rings (SSSR count). The first-order chi connectivity index (χ1) is 7.56. The number of carbonyl (C=O) groups excluding carboxylic acids is 1. The number of carbonyl (C=O) groups is 1. The Morgan fingerprint density at radius 1 is 1.31 bits per heavy atom. The van der Waals surface area contributed by atoms with E-state index in [0.29, 0.717) is 25.4 Å². The Morgan fingerprint density at radius 3 is 2.56 bits per heavy atom. The Kier molecular flexibility index (Phi) is 9.24. The van der Waals surface area contributed by atoms with Crippen LogP contribution in [0.1, 0.15) is 46.0 Å². The Balaban J connectivity index is 3.42. The van der Waals surface area contributed by atoms with Gasteiger partial charge in [0.2, 0.25) is 5.91 Å². The van der Waals surface area contributed by atoms with Gasteiger partial charge in [-0.25, -0.2) is 0 Å². The summed E-state index contributed by atoms with van der Waals surface area (Å²) < 4.78 is 0. The molecule has 0 spiro atoms. The van der Waals surface area contributed by atoms with E-state index in [-0.39, 0.29) is 5.91 Å². The van der Waals surface area contributed by atoms with Gasteiger partial charge in [0, 0.05) is 13.0 Å². The van der Waals surface area contributed by atoms with Gasteiger partial charge in [-0.3, -0.25) is 4.79 Å². The smallest absolute Gasteiger partial charge is 0.220 e. The van der Waals surface area contributed by atoms with Gasteiger partial charge in [0.05, 0.1) is 6.10 Å². The van der Waals surface area contributed by atoms with Crippen LogP contribution in [-0.4, -0.2) is 30.2 Å². The van der Waals surface area contributed by atoms with E-state index in [1.54, 1.807) is 0 Å². The molecule has 0 aliphatic rings. The normalized spacial score (nSPS) is 12.8. The van der Waals surface area contributed by atoms with Gasteiger partial charge in [0.25, 0.3) is 0 Å². The molecule has 0 fully saturated rings. The van der Waals surface area contributed by atoms with Crippen LogP contribution >= 0.6 is 0 Å². The summed E-state index contributed by atoms with van der Waals surface area (Å²) >= 11 is 0. The monoisotopic (exact) mass is 230 g/mol. The van der Waals surface area contributed by atoms with Crippen molar-refractivity contribution in [3.8, 4) is 0 Å². The van der Waals surface area contributed by atoms with Crippen LogP contribution < -0.4 is 11.1 Å². The standard InChI is InChI=1S/C12H26N2O2/c1-10(2)8-11(15)9-14-12(16)6-4-3-5-7-13/h10-11,15H,3-9,13H2,1-2H3,(H,14,16). The second kappa shape index (κ2) is 9.60. The fourth-order valence-corrected chi connectivity index (χ4v) is 1.55. The summed E-state index contributed by atoms with van der Waals surface area (Å²) in [7, 11) is 0. The highest BCUT2D eigenvalue weighted by Gasteiger charge is 2.08. The number of hydrogen-bond donors (Lipinski definition) is 3. The third kappa shape index (κ3) is 9.93. The zero-order valence-electron chi connectivity index (χ0n) is 10.5. The lowest BCUT2D eigenvalue weighted by Gasteiger charge is -2.13. The number of aliphatic hydroxyl groups is 1. The minimum absolute atomic E-state index is 0.0276. The van der Waals surface area contributed by atoms with Crippen LogP contribution in [-0.2, 0) is 4.79 Å². The molecule has 16 heavy (non-hydrogen) atoms. The van der Waals surface area contributed by atoms with Gasteiger partial charge in [-0.05, 0) is 31.7 Å². The summed E-state index contributed by atoms with van der Waals surface area (Å²) in [6, 6.07) is 0. The maximum Gasteiger partial charge on any atom is 0.220 e. The molecule has 0 aromatic carbocycles. The SMILES string of the molecule is CC(C)CC(O)CNC(=O)CCCCCN. The predicted molar refractivity (Wildman–Crippen MR) is 66.0 cm³/mol. The van der Waals surface area contributed by atoms with E-state index < -0.39 is 6.10 Å². The number of aliphatic hydroxyl groups excluding tert-OH is 1. The molecule has 4 heteroatoms. The fourth-order valence-electron chi connectivity index (χ4n) is 1.55. The Hall–Kier alpha value is -0.610. The fraction of sp³-hybridized carbons (Fsp3) is 0.917. The lowest BCUT2D eigenvalue weighted by Crippen LogP contribution is -2.32. The van der Waals surface area contributed by atoms with E-state index in [2.05, 4.69) is 19.2 Å². The minimum atomic E-state index is -0.423. The van der Waals surface area contributed by atoms with Crippen molar-refractivity contribution >= 4 is 5.91 Å². The van der Waals surface area contributed by atoms with E-state index in [0.717, 1.165) is 25.7 Å². The highest BCUT2D eigenvalue weighted by molar-refractivity contribution is 5.75. The van der Waals surface area contributed by atoms with Crippen LogP contribution in [0.15, 0.2) is 0 Å². The highest BCUT2D eigenvalue weighted by atomic mass is 16.3. The summed E-state index contributed by atoms with van der Waals surface area (Å²) in [5.41, 5.74) is 5.36. The zero-order chi connectivity index (χ0) is 12.4. The summed E-state index contributed by atoms with van der Waals surface area (Å²) in [4.78, 5) is 11.3. The van der Waals surface area contributed by atoms with Gasteiger partial charge in [-0.1, -0.05) is 20.3 Å². The molecule has 4 N–H and O–H groups in total. The zero-order valence-corrected chi connectivity index (χ0v) is 10.5. The number of unbranched alkanes of at least 4 members (excludes halogenated alkanes) is 2. The molecular formula is C12H26N2O2. The number of nitrogens with one attached hydrogen (secondary N) is 1. The van der Waals surface area contributed by atoms with Crippen LogP contribution in [0.3, 0.4) is 0 Å². The van der Waals surface area contributed by atoms with Crippen molar-refractivity contribution in [2.45, 2.75) is 52.1 Å². The Morgan fingerprint density at radius 2 is 2.00 bits per heavy atom. The molecule has 4 nitrogen and oxygen atoms in total. The third-order valence-electron chi connectivity index (χ3n) is 2.39. The second-order valence-corrected chi connectivity index (χ2v) is 4.69. The maximum absolute atomic E-state index is 11.3. The summed E-state index contributed by atoms with van der Waals surface area (Å²) in [5.74, 6) is 0.483. The van der Waals surface area contributed by atoms with Crippen molar-refractivity contribution < 1.29 is 9.90 Å². The van der Waals surface area contributed by atoms with Gasteiger partial charge in [0.15, 0.2) is 0 Å². The van der Waals surface area contributed by atoms with Crippen molar-refractivity contribution in [2.75, 3.05) is 13.1 Å². The lowest BCUT2D eigenvalue weighted by molar-refractivity contribution is -0.121. The first-order valence-corrected chi connectivity index (χ1v) is 6.21. The van der Waals surface area contributed by atoms with Gasteiger partial charge >= 0.3 is 0 Å². The van der Waals surface area contributed by atoms with Crippen molar-refractivity contribution in [3.05, 3.63) is 0 Å². The van der Waals surface area contributed by atoms with E-state index in [1.807, 2.05) is 0 Å². The first-order valence-electron chi connectivity index (χ1n) is 6.21. The topological polar surface area (TPSA) is 75.3 Å².